The van der Waals surface area contributed by atoms with Crippen LogP contribution >= 0.6 is 0 Å². The van der Waals surface area contributed by atoms with Gasteiger partial charge in [0.25, 0.3) is 0 Å². The van der Waals surface area contributed by atoms with Crippen LogP contribution in [0.15, 0.2) is 54.1 Å². The number of Topliss-reactive ketones (excluding diaryl/α,β-unsaturated/α-hetero) is 1. The Labute approximate surface area is 176 Å². The maximum atomic E-state index is 13.2. The number of ketones is 1. The molecule has 1 fully saturated rings. The molecule has 2 aliphatic carbocycles. The van der Waals surface area contributed by atoms with E-state index in [0.717, 1.165) is 24.0 Å². The van der Waals surface area contributed by atoms with Gasteiger partial charge in [-0.15, -0.1) is 0 Å². The van der Waals surface area contributed by atoms with Crippen molar-refractivity contribution < 1.29 is 4.79 Å². The van der Waals surface area contributed by atoms with Crippen molar-refractivity contribution in [2.45, 2.75) is 78.1 Å². The van der Waals surface area contributed by atoms with Crippen molar-refractivity contribution in [3.8, 4) is 11.1 Å². The monoisotopic (exact) mass is 386 g/mol. The van der Waals surface area contributed by atoms with Crippen molar-refractivity contribution in [1.29, 1.82) is 0 Å². The average molecular weight is 387 g/mol. The summed E-state index contributed by atoms with van der Waals surface area (Å²) in [5, 5.41) is 0. The Balaban J connectivity index is 1.69. The highest BCUT2D eigenvalue weighted by atomic mass is 16.1. The second-order valence-electron chi connectivity index (χ2n) is 10.1. The van der Waals surface area contributed by atoms with E-state index >= 15 is 0 Å². The molecular weight excluding hydrogens is 352 g/mol. The predicted molar refractivity (Wildman–Crippen MR) is 123 cm³/mol. The summed E-state index contributed by atoms with van der Waals surface area (Å²) in [6.07, 6.45) is 10.7. The summed E-state index contributed by atoms with van der Waals surface area (Å²) in [6.45, 7) is 9.02. The standard InChI is InChI=1S/C28H34O/c1-5-28(16-7-6-8-17-28)19-21-18-25-23(10-9-11-24(25)26(21)29)20-12-14-22(15-13-20)27(2,3)4/h9-15,19H,5-8,16-18H2,1-4H3/b21-19-. The van der Waals surface area contributed by atoms with Crippen LogP contribution in [0.1, 0.15) is 87.7 Å². The molecule has 0 radical (unpaired) electrons. The minimum absolute atomic E-state index is 0.150. The lowest BCUT2D eigenvalue weighted by atomic mass is 9.71. The molecule has 1 nitrogen and oxygen atoms in total. The van der Waals surface area contributed by atoms with Crippen molar-refractivity contribution in [3.05, 3.63) is 70.8 Å². The van der Waals surface area contributed by atoms with Gasteiger partial charge in [-0.3, -0.25) is 4.79 Å². The molecule has 0 bridgehead atoms. The Bertz CT molecular complexity index is 931. The van der Waals surface area contributed by atoms with Crippen LogP contribution in [0.4, 0.5) is 0 Å². The third kappa shape index (κ3) is 3.84. The number of hydrogen-bond acceptors (Lipinski definition) is 1. The summed E-state index contributed by atoms with van der Waals surface area (Å²) in [5.74, 6) is 0.256. The lowest BCUT2D eigenvalue weighted by molar-refractivity contribution is 0.103. The maximum absolute atomic E-state index is 13.2. The van der Waals surface area contributed by atoms with E-state index in [9.17, 15) is 4.79 Å². The van der Waals surface area contributed by atoms with Gasteiger partial charge in [0.05, 0.1) is 0 Å². The summed E-state index contributed by atoms with van der Waals surface area (Å²) in [7, 11) is 0. The van der Waals surface area contributed by atoms with E-state index in [1.54, 1.807) is 0 Å². The van der Waals surface area contributed by atoms with Gasteiger partial charge >= 0.3 is 0 Å². The molecule has 1 heteroatoms. The molecule has 0 heterocycles. The van der Waals surface area contributed by atoms with Crippen molar-refractivity contribution in [2.24, 2.45) is 5.41 Å². The fraction of sp³-hybridized carbons (Fsp3) is 0.464. The number of hydrogen-bond donors (Lipinski definition) is 0. The van der Waals surface area contributed by atoms with Gasteiger partial charge in [0.15, 0.2) is 5.78 Å². The van der Waals surface area contributed by atoms with Crippen molar-refractivity contribution >= 4 is 5.78 Å². The lowest BCUT2D eigenvalue weighted by Gasteiger charge is -2.34. The van der Waals surface area contributed by atoms with E-state index in [1.807, 2.05) is 12.1 Å². The van der Waals surface area contributed by atoms with Gasteiger partial charge in [0.1, 0.15) is 0 Å². The van der Waals surface area contributed by atoms with Gasteiger partial charge in [-0.2, -0.15) is 0 Å². The molecule has 0 aliphatic heterocycles. The Morgan fingerprint density at radius 1 is 0.931 bits per heavy atom. The van der Waals surface area contributed by atoms with E-state index in [-0.39, 0.29) is 16.6 Å². The largest absolute Gasteiger partial charge is 0.289 e. The van der Waals surface area contributed by atoms with Crippen LogP contribution in [0.2, 0.25) is 0 Å². The molecule has 29 heavy (non-hydrogen) atoms. The molecule has 0 amide bonds. The van der Waals surface area contributed by atoms with E-state index in [1.165, 1.54) is 54.4 Å². The zero-order valence-electron chi connectivity index (χ0n) is 18.5. The number of allylic oxidation sites excluding steroid dienone is 2. The first-order valence-corrected chi connectivity index (χ1v) is 11.3. The number of carbonyl (C=O) groups excluding carboxylic acids is 1. The SMILES string of the molecule is CCC1(/C=C2/Cc3c(cccc3-c3ccc(C(C)(C)C)cc3)C2=O)CCCCC1. The Morgan fingerprint density at radius 2 is 1.59 bits per heavy atom. The Hall–Kier alpha value is -2.15. The van der Waals surface area contributed by atoms with E-state index in [0.29, 0.717) is 0 Å². The van der Waals surface area contributed by atoms with Crippen molar-refractivity contribution in [3.63, 3.8) is 0 Å². The molecule has 0 aromatic heterocycles. The van der Waals surface area contributed by atoms with E-state index in [2.05, 4.69) is 64.1 Å². The molecule has 2 aliphatic rings. The van der Waals surface area contributed by atoms with Gasteiger partial charge in [0.2, 0.25) is 0 Å². The number of benzene rings is 2. The second-order valence-corrected chi connectivity index (χ2v) is 10.1. The summed E-state index contributed by atoms with van der Waals surface area (Å²) in [6, 6.07) is 15.1. The summed E-state index contributed by atoms with van der Waals surface area (Å²) in [5.41, 5.74) is 7.32. The third-order valence-corrected chi connectivity index (χ3v) is 7.18. The molecular formula is C28H34O. The molecule has 0 spiro atoms. The minimum Gasteiger partial charge on any atom is -0.289 e. The smallest absolute Gasteiger partial charge is 0.189 e. The molecule has 2 aromatic carbocycles. The normalized spacial score (nSPS) is 20.1. The first kappa shape index (κ1) is 20.1. The summed E-state index contributed by atoms with van der Waals surface area (Å²) >= 11 is 0. The van der Waals surface area contributed by atoms with Crippen LogP contribution in [0.5, 0.6) is 0 Å². The van der Waals surface area contributed by atoms with Crippen LogP contribution in [-0.2, 0) is 11.8 Å². The van der Waals surface area contributed by atoms with Gasteiger partial charge in [0, 0.05) is 17.6 Å². The highest BCUT2D eigenvalue weighted by Crippen LogP contribution is 2.44. The third-order valence-electron chi connectivity index (χ3n) is 7.18. The fourth-order valence-electron chi connectivity index (χ4n) is 5.20. The van der Waals surface area contributed by atoms with Crippen LogP contribution in [-0.4, -0.2) is 5.78 Å². The van der Waals surface area contributed by atoms with Crippen LogP contribution in [0, 0.1) is 5.41 Å². The maximum Gasteiger partial charge on any atom is 0.189 e. The first-order chi connectivity index (χ1) is 13.8. The first-order valence-electron chi connectivity index (χ1n) is 11.3. The number of rotatable bonds is 3. The molecule has 0 N–H and O–H groups in total. The number of fused-ring (bicyclic) bond motifs is 1. The second kappa shape index (κ2) is 7.59. The Morgan fingerprint density at radius 3 is 2.21 bits per heavy atom. The van der Waals surface area contributed by atoms with E-state index in [4.69, 9.17) is 0 Å². The van der Waals surface area contributed by atoms with Gasteiger partial charge in [-0.05, 0) is 52.3 Å². The van der Waals surface area contributed by atoms with E-state index < -0.39 is 0 Å². The molecule has 0 atom stereocenters. The van der Waals surface area contributed by atoms with Gasteiger partial charge in [-0.1, -0.05) is 95.5 Å². The highest BCUT2D eigenvalue weighted by Gasteiger charge is 2.33. The fourth-order valence-corrected chi connectivity index (χ4v) is 5.20. The molecule has 152 valence electrons. The van der Waals surface area contributed by atoms with Crippen LogP contribution < -0.4 is 0 Å². The summed E-state index contributed by atoms with van der Waals surface area (Å²) in [4.78, 5) is 13.2. The van der Waals surface area contributed by atoms with Crippen LogP contribution in [0.25, 0.3) is 11.1 Å². The van der Waals surface area contributed by atoms with Crippen LogP contribution in [0.3, 0.4) is 0 Å². The van der Waals surface area contributed by atoms with Crippen molar-refractivity contribution in [2.75, 3.05) is 0 Å². The lowest BCUT2D eigenvalue weighted by Crippen LogP contribution is -2.22. The quantitative estimate of drug-likeness (QED) is 0.494. The zero-order valence-corrected chi connectivity index (χ0v) is 18.5. The summed E-state index contributed by atoms with van der Waals surface area (Å²) < 4.78 is 0. The Kier molecular flexibility index (Phi) is 5.27. The van der Waals surface area contributed by atoms with Gasteiger partial charge < -0.3 is 0 Å². The molecule has 4 rings (SSSR count). The zero-order chi connectivity index (χ0) is 20.6. The molecule has 0 saturated heterocycles. The molecule has 0 unspecified atom stereocenters. The minimum atomic E-state index is 0.150. The van der Waals surface area contributed by atoms with Crippen molar-refractivity contribution in [1.82, 2.24) is 0 Å². The molecule has 1 saturated carbocycles. The molecule has 2 aromatic rings. The highest BCUT2D eigenvalue weighted by molar-refractivity contribution is 6.14. The number of carbonyl (C=O) groups is 1. The topological polar surface area (TPSA) is 17.1 Å². The van der Waals surface area contributed by atoms with Gasteiger partial charge in [-0.25, -0.2) is 0 Å². The predicted octanol–water partition coefficient (Wildman–Crippen LogP) is 7.68. The average Bonchev–Trinajstić information content (AvgIpc) is 3.03.